The average molecular weight is 510 g/mol. The van der Waals surface area contributed by atoms with E-state index in [1.165, 1.54) is 12.1 Å². The lowest BCUT2D eigenvalue weighted by atomic mass is 10.1. The van der Waals surface area contributed by atoms with Gasteiger partial charge in [-0.1, -0.05) is 72.3 Å². The van der Waals surface area contributed by atoms with Gasteiger partial charge in [-0.15, -0.1) is 0 Å². The molecule has 0 radical (unpaired) electrons. The van der Waals surface area contributed by atoms with E-state index in [1.54, 1.807) is 24.3 Å². The number of esters is 1. The van der Waals surface area contributed by atoms with Gasteiger partial charge in [0, 0.05) is 6.07 Å². The third-order valence-electron chi connectivity index (χ3n) is 4.52. The molecule has 35 heavy (non-hydrogen) atoms. The van der Waals surface area contributed by atoms with Gasteiger partial charge in [0.15, 0.2) is 0 Å². The molecule has 3 aromatic carbocycles. The summed E-state index contributed by atoms with van der Waals surface area (Å²) in [5, 5.41) is 10.4. The molecule has 0 aliphatic carbocycles. The van der Waals surface area contributed by atoms with Crippen molar-refractivity contribution in [1.82, 2.24) is 5.32 Å². The Morgan fingerprint density at radius 1 is 0.914 bits per heavy atom. The molecular weight excluding hydrogens is 490 g/mol. The number of rotatable bonds is 6. The molecule has 9 heteroatoms. The van der Waals surface area contributed by atoms with E-state index in [0.717, 1.165) is 22.9 Å². The first-order chi connectivity index (χ1) is 16.8. The number of hydrogen-bond donors (Lipinski definition) is 2. The molecule has 0 spiro atoms. The molecule has 4 rings (SSSR count). The molecule has 0 bridgehead atoms. The maximum atomic E-state index is 12.0. The SMILES string of the molecule is O=C(Cc1ccccc1)Oc1ccc(/C=C2\SC(=O)NC2=O)c(Cl)c1.O=C(O)Cc1ccccc1. The Hall–Kier alpha value is -3.88. The lowest BCUT2D eigenvalue weighted by Crippen LogP contribution is -2.17. The number of ether oxygens (including phenoxy) is 1. The largest absolute Gasteiger partial charge is 0.481 e. The van der Waals surface area contributed by atoms with E-state index >= 15 is 0 Å². The van der Waals surface area contributed by atoms with Crippen LogP contribution in [0.4, 0.5) is 4.79 Å². The number of carbonyl (C=O) groups excluding carboxylic acids is 3. The van der Waals surface area contributed by atoms with Crippen molar-refractivity contribution in [3.63, 3.8) is 0 Å². The Labute approximate surface area is 210 Å². The zero-order chi connectivity index (χ0) is 25.2. The number of imide groups is 1. The number of amides is 2. The highest BCUT2D eigenvalue weighted by Crippen LogP contribution is 2.30. The van der Waals surface area contributed by atoms with Crippen molar-refractivity contribution in [1.29, 1.82) is 0 Å². The van der Waals surface area contributed by atoms with Crippen LogP contribution < -0.4 is 10.1 Å². The van der Waals surface area contributed by atoms with Gasteiger partial charge in [-0.25, -0.2) is 0 Å². The summed E-state index contributed by atoms with van der Waals surface area (Å²) < 4.78 is 5.28. The van der Waals surface area contributed by atoms with Crippen molar-refractivity contribution in [3.8, 4) is 5.75 Å². The van der Waals surface area contributed by atoms with Crippen molar-refractivity contribution in [2.45, 2.75) is 12.8 Å². The van der Waals surface area contributed by atoms with E-state index in [-0.39, 0.29) is 17.7 Å². The predicted octanol–water partition coefficient (Wildman–Crippen LogP) is 5.13. The number of carboxylic acids is 1. The normalized spacial score (nSPS) is 13.6. The molecule has 0 saturated carbocycles. The molecule has 2 N–H and O–H groups in total. The fourth-order valence-corrected chi connectivity index (χ4v) is 3.85. The van der Waals surface area contributed by atoms with E-state index < -0.39 is 23.1 Å². The van der Waals surface area contributed by atoms with E-state index in [4.69, 9.17) is 21.4 Å². The van der Waals surface area contributed by atoms with Crippen molar-refractivity contribution in [2.24, 2.45) is 0 Å². The van der Waals surface area contributed by atoms with Gasteiger partial charge < -0.3 is 9.84 Å². The Morgan fingerprint density at radius 2 is 1.51 bits per heavy atom. The summed E-state index contributed by atoms with van der Waals surface area (Å²) in [6, 6.07) is 23.1. The summed E-state index contributed by atoms with van der Waals surface area (Å²) in [5.74, 6) is -1.33. The highest BCUT2D eigenvalue weighted by atomic mass is 35.5. The number of hydrogen-bond acceptors (Lipinski definition) is 6. The van der Waals surface area contributed by atoms with Gasteiger partial charge in [0.05, 0.1) is 22.8 Å². The number of nitrogens with one attached hydrogen (secondary N) is 1. The first-order valence-electron chi connectivity index (χ1n) is 10.3. The van der Waals surface area contributed by atoms with Crippen LogP contribution in [-0.2, 0) is 27.2 Å². The molecule has 0 unspecified atom stereocenters. The van der Waals surface area contributed by atoms with Crippen LogP contribution in [0.2, 0.25) is 5.02 Å². The van der Waals surface area contributed by atoms with Crippen molar-refractivity contribution < 1.29 is 29.0 Å². The first kappa shape index (κ1) is 25.7. The number of carboxylic acid groups (broad SMARTS) is 1. The highest BCUT2D eigenvalue weighted by Gasteiger charge is 2.25. The van der Waals surface area contributed by atoms with Gasteiger partial charge in [-0.3, -0.25) is 24.5 Å². The molecule has 178 valence electrons. The van der Waals surface area contributed by atoms with Gasteiger partial charge in [0.1, 0.15) is 5.75 Å². The van der Waals surface area contributed by atoms with Gasteiger partial charge in [-0.05, 0) is 46.7 Å². The standard InChI is InChI=1S/C18H12ClNO4S.C8H8O2/c19-14-10-13(24-16(21)8-11-4-2-1-3-5-11)7-6-12(14)9-15-17(22)20-18(23)25-15;9-8(10)6-7-4-2-1-3-5-7/h1-7,9-10H,8H2,(H,20,22,23);1-5H,6H2,(H,9,10)/b15-9-;. The zero-order valence-corrected chi connectivity index (χ0v) is 19.8. The van der Waals surface area contributed by atoms with Crippen LogP contribution in [0.15, 0.2) is 83.8 Å². The third kappa shape index (κ3) is 8.44. The Kier molecular flexibility index (Phi) is 9.23. The molecule has 7 nitrogen and oxygen atoms in total. The Balaban J connectivity index is 0.000000287. The van der Waals surface area contributed by atoms with Gasteiger partial charge in [-0.2, -0.15) is 0 Å². The quantitative estimate of drug-likeness (QED) is 0.269. The smallest absolute Gasteiger partial charge is 0.315 e. The zero-order valence-electron chi connectivity index (χ0n) is 18.3. The maximum Gasteiger partial charge on any atom is 0.315 e. The molecule has 3 aromatic rings. The summed E-state index contributed by atoms with van der Waals surface area (Å²) in [5.41, 5.74) is 2.25. The minimum absolute atomic E-state index is 0.112. The minimum Gasteiger partial charge on any atom is -0.481 e. The van der Waals surface area contributed by atoms with Gasteiger partial charge in [0.25, 0.3) is 11.1 Å². The summed E-state index contributed by atoms with van der Waals surface area (Å²) in [4.78, 5) is 45.1. The Morgan fingerprint density at radius 3 is 2.03 bits per heavy atom. The van der Waals surface area contributed by atoms with E-state index in [9.17, 15) is 19.2 Å². The van der Waals surface area contributed by atoms with Crippen LogP contribution in [0.25, 0.3) is 6.08 Å². The van der Waals surface area contributed by atoms with Crippen molar-refractivity contribution >= 4 is 52.5 Å². The second-order valence-corrected chi connectivity index (χ2v) is 8.65. The fourth-order valence-electron chi connectivity index (χ4n) is 2.95. The van der Waals surface area contributed by atoms with Crippen LogP contribution in [0.5, 0.6) is 5.75 Å². The number of thioether (sulfide) groups is 1. The summed E-state index contributed by atoms with van der Waals surface area (Å²) in [6.07, 6.45) is 1.78. The molecular formula is C26H20ClNO6S. The van der Waals surface area contributed by atoms with E-state index in [2.05, 4.69) is 5.32 Å². The Bertz CT molecular complexity index is 1260. The van der Waals surface area contributed by atoms with Crippen LogP contribution >= 0.6 is 23.4 Å². The van der Waals surface area contributed by atoms with Crippen molar-refractivity contribution in [3.05, 3.63) is 105 Å². The molecule has 1 heterocycles. The van der Waals surface area contributed by atoms with E-state index in [1.807, 2.05) is 48.5 Å². The minimum atomic E-state index is -0.786. The number of halogens is 1. The number of benzene rings is 3. The lowest BCUT2D eigenvalue weighted by molar-refractivity contribution is -0.136. The van der Waals surface area contributed by atoms with Crippen LogP contribution in [0.3, 0.4) is 0 Å². The summed E-state index contributed by atoms with van der Waals surface area (Å²) in [7, 11) is 0. The molecule has 0 atom stereocenters. The average Bonchev–Trinajstić information content (AvgIpc) is 3.13. The number of carbonyl (C=O) groups is 4. The summed E-state index contributed by atoms with van der Waals surface area (Å²) >= 11 is 6.98. The van der Waals surface area contributed by atoms with Gasteiger partial charge >= 0.3 is 11.9 Å². The monoisotopic (exact) mass is 509 g/mol. The molecule has 1 aliphatic rings. The summed E-state index contributed by atoms with van der Waals surface area (Å²) in [6.45, 7) is 0. The van der Waals surface area contributed by atoms with Crippen LogP contribution in [0.1, 0.15) is 16.7 Å². The fraction of sp³-hybridized carbons (Fsp3) is 0.0769. The molecule has 1 saturated heterocycles. The third-order valence-corrected chi connectivity index (χ3v) is 5.66. The van der Waals surface area contributed by atoms with Gasteiger partial charge in [0.2, 0.25) is 0 Å². The van der Waals surface area contributed by atoms with Crippen molar-refractivity contribution in [2.75, 3.05) is 0 Å². The van der Waals surface area contributed by atoms with Crippen LogP contribution in [0, 0.1) is 0 Å². The maximum absolute atomic E-state index is 12.0. The molecule has 2 amide bonds. The number of aliphatic carboxylic acids is 1. The molecule has 1 aliphatic heterocycles. The molecule has 1 fully saturated rings. The second kappa shape index (κ2) is 12.5. The van der Waals surface area contributed by atoms with Crippen LogP contribution in [-0.4, -0.2) is 28.2 Å². The molecule has 0 aromatic heterocycles. The van der Waals surface area contributed by atoms with E-state index in [0.29, 0.717) is 16.3 Å². The first-order valence-corrected chi connectivity index (χ1v) is 11.5. The lowest BCUT2D eigenvalue weighted by Gasteiger charge is -2.06. The highest BCUT2D eigenvalue weighted by molar-refractivity contribution is 8.18. The topological polar surface area (TPSA) is 110 Å². The second-order valence-electron chi connectivity index (χ2n) is 7.23. The predicted molar refractivity (Wildman–Crippen MR) is 134 cm³/mol.